The van der Waals surface area contributed by atoms with Crippen molar-refractivity contribution in [3.63, 3.8) is 0 Å². The molecule has 0 bridgehead atoms. The van der Waals surface area contributed by atoms with Crippen LogP contribution >= 0.6 is 0 Å². The zero-order valence-electron chi connectivity index (χ0n) is 13.2. The lowest BCUT2D eigenvalue weighted by atomic mass is 10.2. The SMILES string of the molecule is CCN(CC)C(=O)n1ccc(S(=O)(=O)c2cc(C)ccc2F)n1. The smallest absolute Gasteiger partial charge is 0.323 e. The highest BCUT2D eigenvalue weighted by atomic mass is 32.2. The standard InChI is InChI=1S/C15H18FN3O3S/c1-4-18(5-2)15(20)19-9-8-14(17-19)23(21,22)13-10-11(3)6-7-12(13)16/h6-10H,4-5H2,1-3H3. The Bertz CT molecular complexity index is 826. The van der Waals surface area contributed by atoms with Crippen molar-refractivity contribution in [2.24, 2.45) is 0 Å². The molecule has 8 heteroatoms. The molecule has 0 saturated heterocycles. The van der Waals surface area contributed by atoms with Crippen molar-refractivity contribution in [1.82, 2.24) is 14.7 Å². The van der Waals surface area contributed by atoms with Crippen LogP contribution in [-0.4, -0.2) is 42.2 Å². The van der Waals surface area contributed by atoms with Gasteiger partial charge in [0.1, 0.15) is 10.7 Å². The normalized spacial score (nSPS) is 11.5. The Morgan fingerprint density at radius 2 is 1.91 bits per heavy atom. The van der Waals surface area contributed by atoms with E-state index in [4.69, 9.17) is 0 Å². The van der Waals surface area contributed by atoms with Crippen LogP contribution in [0.5, 0.6) is 0 Å². The summed E-state index contributed by atoms with van der Waals surface area (Å²) in [6.45, 7) is 6.24. The number of amides is 1. The topological polar surface area (TPSA) is 72.3 Å². The fraction of sp³-hybridized carbons (Fsp3) is 0.333. The van der Waals surface area contributed by atoms with Crippen LogP contribution < -0.4 is 0 Å². The van der Waals surface area contributed by atoms with Gasteiger partial charge in [0.2, 0.25) is 9.84 Å². The van der Waals surface area contributed by atoms with Crippen molar-refractivity contribution in [2.45, 2.75) is 30.7 Å². The summed E-state index contributed by atoms with van der Waals surface area (Å²) in [5.41, 5.74) is 0.614. The number of sulfone groups is 1. The molecule has 124 valence electrons. The largest absolute Gasteiger partial charge is 0.344 e. The van der Waals surface area contributed by atoms with Crippen LogP contribution in [0.1, 0.15) is 19.4 Å². The van der Waals surface area contributed by atoms with E-state index in [9.17, 15) is 17.6 Å². The first-order chi connectivity index (χ1) is 10.8. The maximum absolute atomic E-state index is 13.9. The summed E-state index contributed by atoms with van der Waals surface area (Å²) in [5, 5.41) is 3.46. The van der Waals surface area contributed by atoms with Crippen molar-refractivity contribution < 1.29 is 17.6 Å². The zero-order valence-corrected chi connectivity index (χ0v) is 14.0. The number of benzene rings is 1. The van der Waals surface area contributed by atoms with E-state index >= 15 is 0 Å². The number of halogens is 1. The summed E-state index contributed by atoms with van der Waals surface area (Å²) in [6.07, 6.45) is 1.27. The Morgan fingerprint density at radius 1 is 1.26 bits per heavy atom. The average Bonchev–Trinajstić information content (AvgIpc) is 3.01. The maximum Gasteiger partial charge on any atom is 0.344 e. The molecular formula is C15H18FN3O3S. The molecule has 23 heavy (non-hydrogen) atoms. The average molecular weight is 339 g/mol. The third kappa shape index (κ3) is 3.26. The van der Waals surface area contributed by atoms with Crippen molar-refractivity contribution in [3.05, 3.63) is 41.8 Å². The van der Waals surface area contributed by atoms with Crippen molar-refractivity contribution >= 4 is 15.9 Å². The first kappa shape index (κ1) is 17.1. The number of rotatable bonds is 4. The molecule has 2 aromatic rings. The molecule has 0 aliphatic rings. The molecule has 0 atom stereocenters. The van der Waals surface area contributed by atoms with Crippen molar-refractivity contribution in [1.29, 1.82) is 0 Å². The fourth-order valence-corrected chi connectivity index (χ4v) is 3.45. The molecule has 0 fully saturated rings. The summed E-state index contributed by atoms with van der Waals surface area (Å²) in [5.74, 6) is -0.847. The summed E-state index contributed by atoms with van der Waals surface area (Å²) in [6, 6.07) is 4.59. The van der Waals surface area contributed by atoms with Crippen LogP contribution in [0.15, 0.2) is 40.4 Å². The number of nitrogens with zero attached hydrogens (tertiary/aromatic N) is 3. The summed E-state index contributed by atoms with van der Waals surface area (Å²) in [7, 11) is -4.12. The maximum atomic E-state index is 13.9. The fourth-order valence-electron chi connectivity index (χ4n) is 2.13. The zero-order chi connectivity index (χ0) is 17.2. The third-order valence-corrected chi connectivity index (χ3v) is 5.11. The monoisotopic (exact) mass is 339 g/mol. The van der Waals surface area contributed by atoms with Gasteiger partial charge in [-0.25, -0.2) is 17.6 Å². The van der Waals surface area contributed by atoms with E-state index in [1.54, 1.807) is 6.92 Å². The molecular weight excluding hydrogens is 321 g/mol. The van der Waals surface area contributed by atoms with Crippen LogP contribution in [0, 0.1) is 12.7 Å². The Morgan fingerprint density at radius 3 is 2.52 bits per heavy atom. The molecule has 2 rings (SSSR count). The van der Waals surface area contributed by atoms with Gasteiger partial charge in [-0.2, -0.15) is 9.78 Å². The van der Waals surface area contributed by atoms with Gasteiger partial charge in [-0.1, -0.05) is 6.07 Å². The highest BCUT2D eigenvalue weighted by Crippen LogP contribution is 2.23. The minimum absolute atomic E-state index is 0.359. The molecule has 0 spiro atoms. The van der Waals surface area contributed by atoms with E-state index in [0.29, 0.717) is 18.7 Å². The first-order valence-electron chi connectivity index (χ1n) is 7.17. The van der Waals surface area contributed by atoms with Crippen LogP contribution in [0.4, 0.5) is 9.18 Å². The minimum Gasteiger partial charge on any atom is -0.323 e. The van der Waals surface area contributed by atoms with Gasteiger partial charge in [0.25, 0.3) is 0 Å². The predicted octanol–water partition coefficient (Wildman–Crippen LogP) is 2.47. The van der Waals surface area contributed by atoms with Gasteiger partial charge in [-0.15, -0.1) is 0 Å². The number of aryl methyl sites for hydroxylation is 1. The predicted molar refractivity (Wildman–Crippen MR) is 82.5 cm³/mol. The second-order valence-electron chi connectivity index (χ2n) is 4.99. The lowest BCUT2D eigenvalue weighted by Crippen LogP contribution is -2.34. The number of carbonyl (C=O) groups excluding carboxylic acids is 1. The van der Waals surface area contributed by atoms with Crippen LogP contribution in [0.3, 0.4) is 0 Å². The molecule has 0 N–H and O–H groups in total. The van der Waals surface area contributed by atoms with Crippen LogP contribution in [0.25, 0.3) is 0 Å². The summed E-state index contributed by atoms with van der Waals surface area (Å²) < 4.78 is 39.8. The lowest BCUT2D eigenvalue weighted by molar-refractivity contribution is 0.201. The number of hydrogen-bond donors (Lipinski definition) is 0. The van der Waals surface area contributed by atoms with Gasteiger partial charge in [-0.3, -0.25) is 0 Å². The van der Waals surface area contributed by atoms with E-state index in [1.807, 2.05) is 13.8 Å². The van der Waals surface area contributed by atoms with Gasteiger partial charge >= 0.3 is 6.03 Å². The highest BCUT2D eigenvalue weighted by molar-refractivity contribution is 7.91. The van der Waals surface area contributed by atoms with Gasteiger partial charge in [0.15, 0.2) is 5.03 Å². The van der Waals surface area contributed by atoms with E-state index in [2.05, 4.69) is 5.10 Å². The molecule has 0 saturated carbocycles. The Kier molecular flexibility index (Phi) is 4.84. The van der Waals surface area contributed by atoms with Crippen molar-refractivity contribution in [3.8, 4) is 0 Å². The molecule has 0 aliphatic carbocycles. The number of aromatic nitrogens is 2. The highest BCUT2D eigenvalue weighted by Gasteiger charge is 2.26. The number of carbonyl (C=O) groups is 1. The Hall–Kier alpha value is -2.22. The second-order valence-corrected chi connectivity index (χ2v) is 6.86. The molecule has 1 aromatic carbocycles. The second kappa shape index (κ2) is 6.49. The van der Waals surface area contributed by atoms with Gasteiger partial charge in [0, 0.05) is 19.3 Å². The molecule has 0 unspecified atom stereocenters. The van der Waals surface area contributed by atoms with Crippen LogP contribution in [0.2, 0.25) is 0 Å². The summed E-state index contributed by atoms with van der Waals surface area (Å²) >= 11 is 0. The van der Waals surface area contributed by atoms with E-state index in [1.165, 1.54) is 29.3 Å². The molecule has 1 aromatic heterocycles. The first-order valence-corrected chi connectivity index (χ1v) is 8.65. The van der Waals surface area contributed by atoms with Gasteiger partial charge in [0.05, 0.1) is 0 Å². The molecule has 1 heterocycles. The molecule has 0 radical (unpaired) electrons. The quantitative estimate of drug-likeness (QED) is 0.858. The molecule has 0 aliphatic heterocycles. The molecule has 1 amide bonds. The van der Waals surface area contributed by atoms with E-state index in [0.717, 1.165) is 10.7 Å². The van der Waals surface area contributed by atoms with E-state index < -0.39 is 26.6 Å². The Labute approximate surface area is 134 Å². The lowest BCUT2D eigenvalue weighted by Gasteiger charge is -2.17. The van der Waals surface area contributed by atoms with Gasteiger partial charge < -0.3 is 4.90 Å². The number of hydrogen-bond acceptors (Lipinski definition) is 4. The summed E-state index contributed by atoms with van der Waals surface area (Å²) in [4.78, 5) is 13.2. The van der Waals surface area contributed by atoms with Crippen molar-refractivity contribution in [2.75, 3.05) is 13.1 Å². The van der Waals surface area contributed by atoms with Crippen LogP contribution in [-0.2, 0) is 9.84 Å². The third-order valence-electron chi connectivity index (χ3n) is 3.45. The van der Waals surface area contributed by atoms with Gasteiger partial charge in [-0.05, 0) is 44.5 Å². The Balaban J connectivity index is 2.43. The van der Waals surface area contributed by atoms with E-state index in [-0.39, 0.29) is 5.03 Å². The molecule has 6 nitrogen and oxygen atoms in total. The minimum atomic E-state index is -4.12.